The van der Waals surface area contributed by atoms with Crippen LogP contribution in [0.4, 0.5) is 0 Å². The molecule has 2 heterocycles. The molecule has 0 aromatic rings. The minimum absolute atomic E-state index is 0.152. The molecule has 2 fully saturated rings. The van der Waals surface area contributed by atoms with Gasteiger partial charge in [0.1, 0.15) is 6.61 Å². The van der Waals surface area contributed by atoms with Crippen molar-refractivity contribution in [2.24, 2.45) is 22.7 Å². The van der Waals surface area contributed by atoms with Gasteiger partial charge in [-0.3, -0.25) is 4.79 Å². The lowest BCUT2D eigenvalue weighted by molar-refractivity contribution is -0.288. The highest BCUT2D eigenvalue weighted by atomic mass is 16.6. The van der Waals surface area contributed by atoms with Gasteiger partial charge in [0, 0.05) is 12.3 Å². The van der Waals surface area contributed by atoms with Crippen molar-refractivity contribution in [3.05, 3.63) is 22.8 Å². The van der Waals surface area contributed by atoms with Crippen molar-refractivity contribution in [3.8, 4) is 0 Å². The summed E-state index contributed by atoms with van der Waals surface area (Å²) in [6.07, 6.45) is 7.08. The van der Waals surface area contributed by atoms with Crippen LogP contribution in [0, 0.1) is 22.7 Å². The minimum Gasteiger partial charge on any atom is -0.461 e. The highest BCUT2D eigenvalue weighted by Crippen LogP contribution is 2.67. The van der Waals surface area contributed by atoms with E-state index in [1.54, 1.807) is 11.1 Å². The Morgan fingerprint density at radius 3 is 2.73 bits per heavy atom. The van der Waals surface area contributed by atoms with E-state index < -0.39 is 5.79 Å². The molecule has 0 aromatic carbocycles. The van der Waals surface area contributed by atoms with Crippen LogP contribution in [0.5, 0.6) is 0 Å². The molecule has 26 heavy (non-hydrogen) atoms. The Labute approximate surface area is 156 Å². The summed E-state index contributed by atoms with van der Waals surface area (Å²) in [5, 5.41) is 11.5. The molecule has 0 radical (unpaired) electrons. The minimum atomic E-state index is -1.25. The number of hydrogen-bond acceptors (Lipinski definition) is 4. The highest BCUT2D eigenvalue weighted by Gasteiger charge is 2.65. The van der Waals surface area contributed by atoms with E-state index in [-0.39, 0.29) is 29.5 Å². The second-order valence-electron chi connectivity index (χ2n) is 9.66. The Bertz CT molecular complexity index is 705. The van der Waals surface area contributed by atoms with E-state index in [4.69, 9.17) is 9.47 Å². The van der Waals surface area contributed by atoms with E-state index in [2.05, 4.69) is 27.7 Å². The molecule has 2 aliphatic heterocycles. The van der Waals surface area contributed by atoms with Crippen molar-refractivity contribution < 1.29 is 19.4 Å². The van der Waals surface area contributed by atoms with Crippen LogP contribution in [0.15, 0.2) is 22.8 Å². The number of esters is 1. The largest absolute Gasteiger partial charge is 0.461 e. The van der Waals surface area contributed by atoms with Crippen molar-refractivity contribution in [2.75, 3.05) is 6.61 Å². The quantitative estimate of drug-likeness (QED) is 0.607. The Balaban J connectivity index is 1.74. The number of fused-ring (bicyclic) bond motifs is 6. The molecule has 1 saturated carbocycles. The van der Waals surface area contributed by atoms with Gasteiger partial charge in [0.25, 0.3) is 0 Å². The van der Waals surface area contributed by atoms with Crippen molar-refractivity contribution in [3.63, 3.8) is 0 Å². The van der Waals surface area contributed by atoms with E-state index in [0.29, 0.717) is 11.8 Å². The number of hydrogen-bond donors (Lipinski definition) is 1. The molecule has 4 rings (SSSR count). The maximum atomic E-state index is 11.5. The van der Waals surface area contributed by atoms with Gasteiger partial charge in [0.05, 0.1) is 6.10 Å². The number of ether oxygens (including phenoxy) is 2. The Morgan fingerprint density at radius 2 is 2.08 bits per heavy atom. The molecular weight excluding hydrogens is 328 g/mol. The third kappa shape index (κ3) is 2.37. The van der Waals surface area contributed by atoms with E-state index in [1.165, 1.54) is 19.8 Å². The van der Waals surface area contributed by atoms with Crippen LogP contribution in [-0.2, 0) is 14.3 Å². The van der Waals surface area contributed by atoms with Crippen molar-refractivity contribution in [2.45, 2.75) is 78.6 Å². The van der Waals surface area contributed by atoms with Crippen molar-refractivity contribution >= 4 is 5.97 Å². The zero-order valence-electron chi connectivity index (χ0n) is 16.7. The Kier molecular flexibility index (Phi) is 3.99. The standard InChI is InChI=1S/C22H32O4/c1-13(2)16-6-7-20(4)8-9-21(5)17(19(16)20)10-18-15(12-25-14(3)23)11-22(21,24)26-18/h11,13,17-18,24H,6-10,12H2,1-5H3/t17-,18+,20+,21+,22+/m0/s1. The molecule has 1 saturated heterocycles. The normalized spacial score (nSPS) is 44.0. The Hall–Kier alpha value is -1.13. The second-order valence-corrected chi connectivity index (χ2v) is 9.66. The van der Waals surface area contributed by atoms with Crippen LogP contribution in [0.2, 0.25) is 0 Å². The van der Waals surface area contributed by atoms with Crippen molar-refractivity contribution in [1.29, 1.82) is 0 Å². The maximum absolute atomic E-state index is 11.5. The summed E-state index contributed by atoms with van der Waals surface area (Å²) in [5.41, 5.74) is 4.09. The highest BCUT2D eigenvalue weighted by molar-refractivity contribution is 5.66. The van der Waals surface area contributed by atoms with Crippen LogP contribution in [0.25, 0.3) is 0 Å². The molecule has 5 atom stereocenters. The first-order chi connectivity index (χ1) is 12.1. The van der Waals surface area contributed by atoms with Gasteiger partial charge in [-0.05, 0) is 61.0 Å². The van der Waals surface area contributed by atoms with Gasteiger partial charge in [0.2, 0.25) is 0 Å². The molecule has 4 nitrogen and oxygen atoms in total. The fourth-order valence-electron chi connectivity index (χ4n) is 6.11. The van der Waals surface area contributed by atoms with E-state index in [0.717, 1.165) is 24.8 Å². The second kappa shape index (κ2) is 5.68. The SMILES string of the molecule is CC(=O)OCC1=C[C@@]2(O)O[C@@H]1C[C@H]1C3=C(C(C)C)CC[C@]3(C)CC[C@]12C. The van der Waals surface area contributed by atoms with Gasteiger partial charge in [0.15, 0.2) is 5.79 Å². The third-order valence-corrected chi connectivity index (χ3v) is 7.78. The first-order valence-electron chi connectivity index (χ1n) is 10.1. The predicted molar refractivity (Wildman–Crippen MR) is 99.2 cm³/mol. The smallest absolute Gasteiger partial charge is 0.302 e. The zero-order chi connectivity index (χ0) is 18.9. The molecule has 4 aliphatic rings. The molecule has 0 aromatic heterocycles. The third-order valence-electron chi connectivity index (χ3n) is 7.78. The fraction of sp³-hybridized carbons (Fsp3) is 0.773. The molecule has 0 spiro atoms. The number of carbonyl (C=O) groups excluding carboxylic acids is 1. The molecular formula is C22H32O4. The number of aliphatic hydroxyl groups is 1. The summed E-state index contributed by atoms with van der Waals surface area (Å²) >= 11 is 0. The summed E-state index contributed by atoms with van der Waals surface area (Å²) in [5.74, 6) is -0.667. The predicted octanol–water partition coefficient (Wildman–Crippen LogP) is 4.14. The van der Waals surface area contributed by atoms with Crippen LogP contribution >= 0.6 is 0 Å². The molecule has 1 N–H and O–H groups in total. The lowest BCUT2D eigenvalue weighted by Gasteiger charge is -2.57. The molecule has 0 amide bonds. The van der Waals surface area contributed by atoms with Gasteiger partial charge in [-0.25, -0.2) is 0 Å². The number of rotatable bonds is 3. The average molecular weight is 360 g/mol. The lowest BCUT2D eigenvalue weighted by Crippen LogP contribution is -2.58. The first kappa shape index (κ1) is 18.2. The summed E-state index contributed by atoms with van der Waals surface area (Å²) < 4.78 is 11.3. The summed E-state index contributed by atoms with van der Waals surface area (Å²) in [6, 6.07) is 0. The topological polar surface area (TPSA) is 55.8 Å². The van der Waals surface area contributed by atoms with Gasteiger partial charge in [-0.15, -0.1) is 0 Å². The first-order valence-corrected chi connectivity index (χ1v) is 10.1. The summed E-state index contributed by atoms with van der Waals surface area (Å²) in [7, 11) is 0. The summed E-state index contributed by atoms with van der Waals surface area (Å²) in [6.45, 7) is 10.9. The van der Waals surface area contributed by atoms with E-state index in [9.17, 15) is 9.90 Å². The number of allylic oxidation sites excluding steroid dienone is 2. The van der Waals surface area contributed by atoms with Crippen molar-refractivity contribution in [1.82, 2.24) is 0 Å². The van der Waals surface area contributed by atoms with Gasteiger partial charge in [-0.1, -0.05) is 38.8 Å². The molecule has 0 unspecified atom stereocenters. The van der Waals surface area contributed by atoms with Crippen LogP contribution < -0.4 is 0 Å². The zero-order valence-corrected chi connectivity index (χ0v) is 16.7. The van der Waals surface area contributed by atoms with Crippen LogP contribution in [-0.4, -0.2) is 29.6 Å². The molecule has 4 heteroatoms. The fourth-order valence-corrected chi connectivity index (χ4v) is 6.11. The summed E-state index contributed by atoms with van der Waals surface area (Å²) in [4.78, 5) is 11.2. The molecule has 2 bridgehead atoms. The molecule has 2 aliphatic carbocycles. The lowest BCUT2D eigenvalue weighted by atomic mass is 9.52. The van der Waals surface area contributed by atoms with Gasteiger partial charge >= 0.3 is 5.97 Å². The average Bonchev–Trinajstić information content (AvgIpc) is 3.05. The monoisotopic (exact) mass is 360 g/mol. The molecule has 144 valence electrons. The van der Waals surface area contributed by atoms with Crippen LogP contribution in [0.1, 0.15) is 66.7 Å². The van der Waals surface area contributed by atoms with E-state index >= 15 is 0 Å². The van der Waals surface area contributed by atoms with Gasteiger partial charge < -0.3 is 14.6 Å². The van der Waals surface area contributed by atoms with Gasteiger partial charge in [-0.2, -0.15) is 0 Å². The Morgan fingerprint density at radius 1 is 1.35 bits per heavy atom. The maximum Gasteiger partial charge on any atom is 0.302 e. The van der Waals surface area contributed by atoms with Crippen LogP contribution in [0.3, 0.4) is 0 Å². The number of carbonyl (C=O) groups is 1. The van der Waals surface area contributed by atoms with E-state index in [1.807, 2.05) is 6.08 Å².